The average Bonchev–Trinajstić information content (AvgIpc) is 3.35. The lowest BCUT2D eigenvalue weighted by Gasteiger charge is -2.07. The number of nitrogens with zero attached hydrogens (tertiary/aromatic N) is 2. The van der Waals surface area contributed by atoms with Crippen molar-refractivity contribution in [1.29, 1.82) is 0 Å². The number of hydrogen-bond donors (Lipinski definition) is 1. The number of fused-ring (bicyclic) bond motifs is 3. The number of anilines is 1. The Morgan fingerprint density at radius 3 is 2.96 bits per heavy atom. The Hall–Kier alpha value is -2.38. The minimum absolute atomic E-state index is 0.322. The van der Waals surface area contributed by atoms with Gasteiger partial charge < -0.3 is 9.73 Å². The van der Waals surface area contributed by atoms with Gasteiger partial charge in [0.25, 0.3) is 0 Å². The minimum atomic E-state index is -0.322. The molecule has 5 nitrogen and oxygen atoms in total. The molecule has 2 aromatic carbocycles. The van der Waals surface area contributed by atoms with Crippen LogP contribution in [-0.4, -0.2) is 16.2 Å². The van der Waals surface area contributed by atoms with E-state index in [-0.39, 0.29) is 5.63 Å². The van der Waals surface area contributed by atoms with Crippen molar-refractivity contribution in [2.24, 2.45) is 0 Å². The highest BCUT2D eigenvalue weighted by Gasteiger charge is 2.22. The van der Waals surface area contributed by atoms with E-state index in [1.165, 1.54) is 12.8 Å². The molecule has 0 bridgehead atoms. The van der Waals surface area contributed by atoms with Crippen LogP contribution in [0.2, 0.25) is 0 Å². The first-order valence-corrected chi connectivity index (χ1v) is 10.2. The molecule has 4 aromatic rings. The Labute approximate surface area is 157 Å². The standard InChI is InChI=1S/C19H15N3O2S2/c23-16-9-12(10-25-19-22-21-18(26-19)20-13-6-7-13)17-14-4-2-1-3-11(14)5-8-15(17)24-16/h1-5,8-9,13H,6-7,10H2,(H,20,21). The maximum Gasteiger partial charge on any atom is 0.336 e. The molecule has 1 aliphatic rings. The number of thioether (sulfide) groups is 1. The monoisotopic (exact) mass is 381 g/mol. The number of rotatable bonds is 5. The van der Waals surface area contributed by atoms with E-state index in [9.17, 15) is 4.79 Å². The quantitative estimate of drug-likeness (QED) is 0.308. The summed E-state index contributed by atoms with van der Waals surface area (Å²) in [5.74, 6) is 0.647. The molecule has 0 unspecified atom stereocenters. The minimum Gasteiger partial charge on any atom is -0.423 e. The van der Waals surface area contributed by atoms with E-state index in [2.05, 4.69) is 27.6 Å². The van der Waals surface area contributed by atoms with Gasteiger partial charge in [-0.25, -0.2) is 4.79 Å². The summed E-state index contributed by atoms with van der Waals surface area (Å²) in [4.78, 5) is 12.0. The van der Waals surface area contributed by atoms with Crippen molar-refractivity contribution in [3.8, 4) is 0 Å². The van der Waals surface area contributed by atoms with Crippen LogP contribution in [0.1, 0.15) is 18.4 Å². The Bertz CT molecular complexity index is 1160. The zero-order chi connectivity index (χ0) is 17.5. The second kappa shape index (κ2) is 6.41. The van der Waals surface area contributed by atoms with Crippen LogP contribution in [0.3, 0.4) is 0 Å². The van der Waals surface area contributed by atoms with Crippen LogP contribution < -0.4 is 10.9 Å². The first-order valence-electron chi connectivity index (χ1n) is 8.43. The molecule has 0 amide bonds. The van der Waals surface area contributed by atoms with E-state index in [1.807, 2.05) is 24.3 Å². The molecule has 2 heterocycles. The Kier molecular flexibility index (Phi) is 3.90. The van der Waals surface area contributed by atoms with E-state index in [0.717, 1.165) is 31.2 Å². The fraction of sp³-hybridized carbons (Fsp3) is 0.211. The van der Waals surface area contributed by atoms with Crippen molar-refractivity contribution >= 4 is 50.0 Å². The van der Waals surface area contributed by atoms with Gasteiger partial charge in [-0.05, 0) is 35.2 Å². The zero-order valence-electron chi connectivity index (χ0n) is 13.8. The molecule has 0 saturated heterocycles. The summed E-state index contributed by atoms with van der Waals surface area (Å²) < 4.78 is 6.32. The second-order valence-electron chi connectivity index (χ2n) is 6.33. The fourth-order valence-electron chi connectivity index (χ4n) is 3.00. The molecule has 1 aliphatic carbocycles. The highest BCUT2D eigenvalue weighted by atomic mass is 32.2. The summed E-state index contributed by atoms with van der Waals surface area (Å²) in [6, 6.07) is 14.2. The largest absolute Gasteiger partial charge is 0.423 e. The molecule has 0 spiro atoms. The second-order valence-corrected chi connectivity index (χ2v) is 8.53. The highest BCUT2D eigenvalue weighted by molar-refractivity contribution is 8.00. The Morgan fingerprint density at radius 1 is 1.19 bits per heavy atom. The summed E-state index contributed by atoms with van der Waals surface area (Å²) in [7, 11) is 0. The van der Waals surface area contributed by atoms with Crippen molar-refractivity contribution in [1.82, 2.24) is 10.2 Å². The van der Waals surface area contributed by atoms with E-state index in [4.69, 9.17) is 4.42 Å². The first kappa shape index (κ1) is 15.8. The van der Waals surface area contributed by atoms with Gasteiger partial charge in [-0.1, -0.05) is 53.4 Å². The van der Waals surface area contributed by atoms with Crippen LogP contribution in [0.15, 0.2) is 56.0 Å². The maximum absolute atomic E-state index is 12.0. The van der Waals surface area contributed by atoms with Gasteiger partial charge in [0.1, 0.15) is 5.58 Å². The molecule has 0 atom stereocenters. The molecule has 26 heavy (non-hydrogen) atoms. The molecule has 2 aromatic heterocycles. The van der Waals surface area contributed by atoms with Crippen LogP contribution in [0.25, 0.3) is 21.7 Å². The van der Waals surface area contributed by atoms with Gasteiger partial charge in [-0.3, -0.25) is 0 Å². The highest BCUT2D eigenvalue weighted by Crippen LogP contribution is 2.34. The van der Waals surface area contributed by atoms with Crippen LogP contribution in [-0.2, 0) is 5.75 Å². The lowest BCUT2D eigenvalue weighted by Crippen LogP contribution is -2.00. The normalized spacial score (nSPS) is 14.2. The molecule has 1 fully saturated rings. The van der Waals surface area contributed by atoms with Gasteiger partial charge in [0.05, 0.1) is 0 Å². The van der Waals surface area contributed by atoms with Crippen LogP contribution in [0.4, 0.5) is 5.13 Å². The summed E-state index contributed by atoms with van der Waals surface area (Å²) in [5.41, 5.74) is 1.27. The van der Waals surface area contributed by atoms with Crippen LogP contribution in [0, 0.1) is 0 Å². The van der Waals surface area contributed by atoms with Crippen molar-refractivity contribution in [2.45, 2.75) is 29.0 Å². The summed E-state index contributed by atoms with van der Waals surface area (Å²) >= 11 is 3.16. The van der Waals surface area contributed by atoms with Crippen molar-refractivity contribution in [3.05, 3.63) is 58.4 Å². The van der Waals surface area contributed by atoms with E-state index >= 15 is 0 Å². The third-order valence-corrected chi connectivity index (χ3v) is 6.41. The SMILES string of the molecule is O=c1cc(CSc2nnc(NC3CC3)s2)c2c(ccc3ccccc32)o1. The summed E-state index contributed by atoms with van der Waals surface area (Å²) in [5, 5.41) is 15.9. The molecule has 1 saturated carbocycles. The van der Waals surface area contributed by atoms with Crippen molar-refractivity contribution < 1.29 is 4.42 Å². The maximum atomic E-state index is 12.0. The first-order chi connectivity index (χ1) is 12.8. The van der Waals surface area contributed by atoms with Gasteiger partial charge in [0.15, 0.2) is 4.34 Å². The molecule has 5 rings (SSSR count). The van der Waals surface area contributed by atoms with Gasteiger partial charge in [0, 0.05) is 23.2 Å². The van der Waals surface area contributed by atoms with E-state index < -0.39 is 0 Å². The topological polar surface area (TPSA) is 68.0 Å². The third kappa shape index (κ3) is 3.08. The lowest BCUT2D eigenvalue weighted by atomic mass is 10.0. The van der Waals surface area contributed by atoms with Gasteiger partial charge in [-0.2, -0.15) is 0 Å². The predicted octanol–water partition coefficient (Wildman–Crippen LogP) is 4.66. The number of benzene rings is 2. The zero-order valence-corrected chi connectivity index (χ0v) is 15.4. The van der Waals surface area contributed by atoms with Crippen LogP contribution in [0.5, 0.6) is 0 Å². The average molecular weight is 381 g/mol. The lowest BCUT2D eigenvalue weighted by molar-refractivity contribution is 0.560. The molecule has 7 heteroatoms. The van der Waals surface area contributed by atoms with Gasteiger partial charge in [0.2, 0.25) is 5.13 Å². The third-order valence-electron chi connectivity index (χ3n) is 4.38. The number of hydrogen-bond acceptors (Lipinski definition) is 7. The Morgan fingerprint density at radius 2 is 2.08 bits per heavy atom. The Balaban J connectivity index is 1.50. The molecule has 0 radical (unpaired) electrons. The molecule has 130 valence electrons. The molecular formula is C19H15N3O2S2. The van der Waals surface area contributed by atoms with E-state index in [1.54, 1.807) is 29.2 Å². The van der Waals surface area contributed by atoms with Crippen molar-refractivity contribution in [2.75, 3.05) is 5.32 Å². The van der Waals surface area contributed by atoms with Gasteiger partial charge in [-0.15, -0.1) is 10.2 Å². The predicted molar refractivity (Wildman–Crippen MR) is 106 cm³/mol. The van der Waals surface area contributed by atoms with Crippen molar-refractivity contribution in [3.63, 3.8) is 0 Å². The van der Waals surface area contributed by atoms with Crippen LogP contribution >= 0.6 is 23.1 Å². The molecule has 1 N–H and O–H groups in total. The smallest absolute Gasteiger partial charge is 0.336 e. The fourth-order valence-corrected chi connectivity index (χ4v) is 4.81. The summed E-state index contributed by atoms with van der Waals surface area (Å²) in [6.45, 7) is 0. The number of nitrogens with one attached hydrogen (secondary N) is 1. The number of aromatic nitrogens is 2. The molecular weight excluding hydrogens is 366 g/mol. The van der Waals surface area contributed by atoms with Gasteiger partial charge >= 0.3 is 5.63 Å². The summed E-state index contributed by atoms with van der Waals surface area (Å²) in [6.07, 6.45) is 2.42. The molecule has 0 aliphatic heterocycles. The van der Waals surface area contributed by atoms with E-state index in [0.29, 0.717) is 17.4 Å².